The van der Waals surface area contributed by atoms with Crippen LogP contribution in [0.4, 0.5) is 8.78 Å². The first-order valence-electron chi connectivity index (χ1n) is 6.92. The molecular weight excluding hydrogens is 292 g/mol. The van der Waals surface area contributed by atoms with Crippen LogP contribution in [-0.4, -0.2) is 13.7 Å². The number of benzene rings is 1. The van der Waals surface area contributed by atoms with Crippen molar-refractivity contribution in [2.24, 2.45) is 0 Å². The molecule has 114 valence electrons. The molecule has 21 heavy (non-hydrogen) atoms. The van der Waals surface area contributed by atoms with Crippen molar-refractivity contribution in [2.45, 2.75) is 32.4 Å². The lowest BCUT2D eigenvalue weighted by Crippen LogP contribution is -2.18. The average molecular weight is 311 g/mol. The van der Waals surface area contributed by atoms with Gasteiger partial charge in [-0.2, -0.15) is 8.78 Å². The van der Waals surface area contributed by atoms with Crippen molar-refractivity contribution in [3.05, 3.63) is 51.7 Å². The van der Waals surface area contributed by atoms with E-state index in [2.05, 4.69) is 29.1 Å². The Hall–Kier alpha value is -1.46. The van der Waals surface area contributed by atoms with Crippen LogP contribution in [0, 0.1) is 0 Å². The molecule has 0 bridgehead atoms. The Morgan fingerprint density at radius 1 is 1.10 bits per heavy atom. The average Bonchev–Trinajstić information content (AvgIpc) is 2.93. The second-order valence-corrected chi connectivity index (χ2v) is 5.97. The highest BCUT2D eigenvalue weighted by Crippen LogP contribution is 2.25. The van der Waals surface area contributed by atoms with E-state index in [0.717, 1.165) is 18.4 Å². The maximum Gasteiger partial charge on any atom is 0.387 e. The van der Waals surface area contributed by atoms with Gasteiger partial charge >= 0.3 is 6.61 Å². The summed E-state index contributed by atoms with van der Waals surface area (Å²) in [5.74, 6) is 0.188. The van der Waals surface area contributed by atoms with E-state index < -0.39 is 6.61 Å². The van der Waals surface area contributed by atoms with Gasteiger partial charge in [0.05, 0.1) is 0 Å². The Morgan fingerprint density at radius 2 is 1.76 bits per heavy atom. The number of ether oxygens (including phenoxy) is 1. The van der Waals surface area contributed by atoms with Gasteiger partial charge in [0.15, 0.2) is 0 Å². The van der Waals surface area contributed by atoms with Crippen LogP contribution in [0.5, 0.6) is 5.75 Å². The quantitative estimate of drug-likeness (QED) is 0.817. The van der Waals surface area contributed by atoms with E-state index in [9.17, 15) is 8.78 Å². The Balaban J connectivity index is 2.06. The van der Waals surface area contributed by atoms with E-state index in [1.54, 1.807) is 12.1 Å². The SMILES string of the molecule is CCc1ccc(CC(NC)c2ccc(OC(F)F)cc2)s1. The molecule has 0 amide bonds. The maximum absolute atomic E-state index is 12.1. The second kappa shape index (κ2) is 7.52. The van der Waals surface area contributed by atoms with Crippen LogP contribution in [-0.2, 0) is 12.8 Å². The summed E-state index contributed by atoms with van der Waals surface area (Å²) in [6, 6.07) is 11.3. The molecule has 2 nitrogen and oxygen atoms in total. The van der Waals surface area contributed by atoms with Gasteiger partial charge in [0.25, 0.3) is 0 Å². The highest BCUT2D eigenvalue weighted by molar-refractivity contribution is 7.11. The van der Waals surface area contributed by atoms with E-state index in [-0.39, 0.29) is 11.8 Å². The van der Waals surface area contributed by atoms with Crippen molar-refractivity contribution in [3.63, 3.8) is 0 Å². The topological polar surface area (TPSA) is 21.3 Å². The third-order valence-electron chi connectivity index (χ3n) is 3.33. The summed E-state index contributed by atoms with van der Waals surface area (Å²) in [7, 11) is 1.91. The van der Waals surface area contributed by atoms with Gasteiger partial charge in [-0.05, 0) is 43.3 Å². The fraction of sp³-hybridized carbons (Fsp3) is 0.375. The molecule has 1 N–H and O–H groups in total. The van der Waals surface area contributed by atoms with Gasteiger partial charge in [-0.15, -0.1) is 11.3 Å². The zero-order valence-corrected chi connectivity index (χ0v) is 12.9. The molecule has 1 aromatic carbocycles. The summed E-state index contributed by atoms with van der Waals surface area (Å²) in [5, 5.41) is 3.27. The fourth-order valence-corrected chi connectivity index (χ4v) is 3.19. The lowest BCUT2D eigenvalue weighted by atomic mass is 10.0. The second-order valence-electron chi connectivity index (χ2n) is 4.71. The molecule has 0 aliphatic carbocycles. The number of nitrogens with one attached hydrogen (secondary N) is 1. The molecule has 2 rings (SSSR count). The molecule has 0 saturated carbocycles. The standard InChI is InChI=1S/C16H19F2NOS/c1-3-13-8-9-14(21-13)10-15(19-2)11-4-6-12(7-5-11)20-16(17)18/h4-9,15-16,19H,3,10H2,1-2H3. The van der Waals surface area contributed by atoms with Crippen molar-refractivity contribution in [1.82, 2.24) is 5.32 Å². The lowest BCUT2D eigenvalue weighted by Gasteiger charge is -2.16. The molecule has 2 aromatic rings. The number of alkyl halides is 2. The van der Waals surface area contributed by atoms with Crippen LogP contribution in [0.1, 0.15) is 28.3 Å². The fourth-order valence-electron chi connectivity index (χ4n) is 2.19. The number of rotatable bonds is 7. The van der Waals surface area contributed by atoms with Crippen LogP contribution in [0.15, 0.2) is 36.4 Å². The van der Waals surface area contributed by atoms with Crippen molar-refractivity contribution in [3.8, 4) is 5.75 Å². The Morgan fingerprint density at radius 3 is 2.29 bits per heavy atom. The molecule has 1 aromatic heterocycles. The first-order valence-corrected chi connectivity index (χ1v) is 7.73. The van der Waals surface area contributed by atoms with Crippen molar-refractivity contribution >= 4 is 11.3 Å². The molecule has 1 atom stereocenters. The number of thiophene rings is 1. The van der Waals surface area contributed by atoms with Crippen LogP contribution in [0.3, 0.4) is 0 Å². The molecule has 0 aliphatic rings. The zero-order chi connectivity index (χ0) is 15.2. The molecule has 0 aliphatic heterocycles. The Bertz CT molecular complexity index is 554. The first kappa shape index (κ1) is 15.9. The minimum absolute atomic E-state index is 0.161. The zero-order valence-electron chi connectivity index (χ0n) is 12.1. The molecule has 1 unspecified atom stereocenters. The van der Waals surface area contributed by atoms with E-state index >= 15 is 0 Å². The molecule has 5 heteroatoms. The van der Waals surface area contributed by atoms with E-state index in [1.165, 1.54) is 9.75 Å². The Kier molecular flexibility index (Phi) is 5.70. The summed E-state index contributed by atoms with van der Waals surface area (Å²) < 4.78 is 28.6. The number of hydrogen-bond donors (Lipinski definition) is 1. The summed E-state index contributed by atoms with van der Waals surface area (Å²) in [6.07, 6.45) is 1.94. The highest BCUT2D eigenvalue weighted by Gasteiger charge is 2.12. The van der Waals surface area contributed by atoms with Crippen LogP contribution in [0.25, 0.3) is 0 Å². The number of hydrogen-bond acceptors (Lipinski definition) is 3. The highest BCUT2D eigenvalue weighted by atomic mass is 32.1. The molecule has 0 spiro atoms. The third-order valence-corrected chi connectivity index (χ3v) is 4.58. The predicted octanol–water partition coefficient (Wildman–Crippen LogP) is 4.42. The van der Waals surface area contributed by atoms with Gasteiger partial charge in [-0.1, -0.05) is 19.1 Å². The molecule has 0 saturated heterocycles. The summed E-state index contributed by atoms with van der Waals surface area (Å²) in [4.78, 5) is 2.69. The normalized spacial score (nSPS) is 12.6. The van der Waals surface area contributed by atoms with E-state index in [1.807, 2.05) is 30.5 Å². The van der Waals surface area contributed by atoms with Crippen molar-refractivity contribution in [1.29, 1.82) is 0 Å². The monoisotopic (exact) mass is 311 g/mol. The number of likely N-dealkylation sites (N-methyl/N-ethyl adjacent to an activating group) is 1. The van der Waals surface area contributed by atoms with Crippen LogP contribution >= 0.6 is 11.3 Å². The summed E-state index contributed by atoms with van der Waals surface area (Å²) in [6.45, 7) is -0.637. The van der Waals surface area contributed by atoms with Crippen molar-refractivity contribution < 1.29 is 13.5 Å². The van der Waals surface area contributed by atoms with Crippen LogP contribution < -0.4 is 10.1 Å². The number of halogens is 2. The third kappa shape index (κ3) is 4.51. The van der Waals surface area contributed by atoms with Gasteiger partial charge in [-0.3, -0.25) is 0 Å². The van der Waals surface area contributed by atoms with Gasteiger partial charge in [-0.25, -0.2) is 0 Å². The minimum Gasteiger partial charge on any atom is -0.435 e. The predicted molar refractivity (Wildman–Crippen MR) is 82.3 cm³/mol. The first-order chi connectivity index (χ1) is 10.1. The van der Waals surface area contributed by atoms with Crippen LogP contribution in [0.2, 0.25) is 0 Å². The van der Waals surface area contributed by atoms with Gasteiger partial charge in [0, 0.05) is 22.2 Å². The molecule has 1 heterocycles. The Labute approximate surface area is 127 Å². The van der Waals surface area contributed by atoms with E-state index in [0.29, 0.717) is 0 Å². The van der Waals surface area contributed by atoms with Gasteiger partial charge in [0.1, 0.15) is 5.75 Å². The van der Waals surface area contributed by atoms with Gasteiger partial charge < -0.3 is 10.1 Å². The minimum atomic E-state index is -2.78. The molecule has 0 fully saturated rings. The maximum atomic E-state index is 12.1. The molecular formula is C16H19F2NOS. The van der Waals surface area contributed by atoms with E-state index in [4.69, 9.17) is 0 Å². The smallest absolute Gasteiger partial charge is 0.387 e. The summed E-state index contributed by atoms with van der Waals surface area (Å²) >= 11 is 1.82. The largest absolute Gasteiger partial charge is 0.435 e. The molecule has 0 radical (unpaired) electrons. The number of aryl methyl sites for hydroxylation is 1. The summed E-state index contributed by atoms with van der Waals surface area (Å²) in [5.41, 5.74) is 1.06. The van der Waals surface area contributed by atoms with Gasteiger partial charge in [0.2, 0.25) is 0 Å². The van der Waals surface area contributed by atoms with Crippen molar-refractivity contribution in [2.75, 3.05) is 7.05 Å². The lowest BCUT2D eigenvalue weighted by molar-refractivity contribution is -0.0498.